The molecule has 0 unspecified atom stereocenters. The number of halogens is 1. The van der Waals surface area contributed by atoms with Crippen molar-refractivity contribution in [1.82, 2.24) is 0 Å². The molecule has 1 aromatic rings. The Morgan fingerprint density at radius 2 is 2.29 bits per heavy atom. The molecule has 1 amide bonds. The van der Waals surface area contributed by atoms with E-state index in [9.17, 15) is 4.79 Å². The molecule has 1 heterocycles. The van der Waals surface area contributed by atoms with Crippen LogP contribution in [0.3, 0.4) is 0 Å². The Morgan fingerprint density at radius 1 is 1.59 bits per heavy atom. The van der Waals surface area contributed by atoms with Crippen LogP contribution < -0.4 is 11.1 Å². The molecule has 1 saturated heterocycles. The molecule has 2 rings (SSSR count). The summed E-state index contributed by atoms with van der Waals surface area (Å²) in [6, 6.07) is 5.34. The van der Waals surface area contributed by atoms with Crippen LogP contribution >= 0.6 is 11.6 Å². The van der Waals surface area contributed by atoms with E-state index < -0.39 is 5.54 Å². The summed E-state index contributed by atoms with van der Waals surface area (Å²) in [5, 5.41) is 3.48. The Kier molecular flexibility index (Phi) is 3.38. The van der Waals surface area contributed by atoms with E-state index in [0.717, 1.165) is 11.3 Å². The number of nitrogens with one attached hydrogen (secondary N) is 1. The molecule has 1 aliphatic rings. The quantitative estimate of drug-likeness (QED) is 0.863. The van der Waals surface area contributed by atoms with Crippen molar-refractivity contribution in [3.63, 3.8) is 0 Å². The third-order valence-electron chi connectivity index (χ3n) is 2.75. The predicted octanol–water partition coefficient (Wildman–Crippen LogP) is 1.70. The van der Waals surface area contributed by atoms with Crippen molar-refractivity contribution in [2.75, 3.05) is 18.5 Å². The topological polar surface area (TPSA) is 64.4 Å². The number of nitrogens with two attached hydrogens (primary N) is 1. The van der Waals surface area contributed by atoms with Crippen molar-refractivity contribution in [2.45, 2.75) is 18.9 Å². The van der Waals surface area contributed by atoms with Crippen LogP contribution in [0.15, 0.2) is 18.2 Å². The van der Waals surface area contributed by atoms with Gasteiger partial charge >= 0.3 is 0 Å². The summed E-state index contributed by atoms with van der Waals surface area (Å²) in [6.07, 6.45) is 0.273. The minimum absolute atomic E-state index is 0.0961. The first-order valence-electron chi connectivity index (χ1n) is 5.41. The Bertz CT molecular complexity index is 444. The molecule has 0 saturated carbocycles. The van der Waals surface area contributed by atoms with Crippen LogP contribution in [0.4, 0.5) is 5.69 Å². The molecule has 0 atom stereocenters. The van der Waals surface area contributed by atoms with Crippen LogP contribution in [-0.2, 0) is 9.53 Å². The number of amides is 1. The fourth-order valence-corrected chi connectivity index (χ4v) is 1.97. The highest BCUT2D eigenvalue weighted by molar-refractivity contribution is 6.30. The molecule has 4 nitrogen and oxygen atoms in total. The second-order valence-electron chi connectivity index (χ2n) is 4.54. The van der Waals surface area contributed by atoms with Gasteiger partial charge in [-0.1, -0.05) is 11.6 Å². The zero-order valence-corrected chi connectivity index (χ0v) is 10.4. The lowest BCUT2D eigenvalue weighted by molar-refractivity contribution is -0.123. The fraction of sp³-hybridized carbons (Fsp3) is 0.417. The normalized spacial score (nSPS) is 17.4. The number of carbonyl (C=O) groups excluding carboxylic acids is 1. The zero-order chi connectivity index (χ0) is 12.5. The summed E-state index contributed by atoms with van der Waals surface area (Å²) < 4.78 is 5.01. The minimum atomic E-state index is -0.496. The molecule has 0 aliphatic carbocycles. The lowest BCUT2D eigenvalue weighted by atomic mass is 9.94. The number of ether oxygens (including phenoxy) is 1. The lowest BCUT2D eigenvalue weighted by Gasteiger charge is -2.37. The van der Waals surface area contributed by atoms with Gasteiger partial charge in [-0.15, -0.1) is 0 Å². The Labute approximate surface area is 105 Å². The van der Waals surface area contributed by atoms with E-state index in [4.69, 9.17) is 22.1 Å². The van der Waals surface area contributed by atoms with Gasteiger partial charge in [0.2, 0.25) is 5.91 Å². The molecular weight excluding hydrogens is 240 g/mol. The molecule has 17 heavy (non-hydrogen) atoms. The zero-order valence-electron chi connectivity index (χ0n) is 9.63. The van der Waals surface area contributed by atoms with E-state index in [1.165, 1.54) is 0 Å². The van der Waals surface area contributed by atoms with Crippen LogP contribution in [0, 0.1) is 6.92 Å². The van der Waals surface area contributed by atoms with Crippen LogP contribution in [0.25, 0.3) is 0 Å². The van der Waals surface area contributed by atoms with E-state index in [2.05, 4.69) is 5.32 Å². The average molecular weight is 255 g/mol. The van der Waals surface area contributed by atoms with Gasteiger partial charge in [0.15, 0.2) is 0 Å². The van der Waals surface area contributed by atoms with E-state index in [0.29, 0.717) is 18.2 Å². The number of anilines is 1. The van der Waals surface area contributed by atoms with E-state index in [1.807, 2.05) is 13.0 Å². The minimum Gasteiger partial charge on any atom is -0.377 e. The summed E-state index contributed by atoms with van der Waals surface area (Å²) >= 11 is 5.84. The summed E-state index contributed by atoms with van der Waals surface area (Å²) in [5.41, 5.74) is 7.12. The molecule has 92 valence electrons. The number of hydrogen-bond donors (Lipinski definition) is 2. The van der Waals surface area contributed by atoms with Gasteiger partial charge in [-0.05, 0) is 30.7 Å². The molecular formula is C12H15ClN2O2. The highest BCUT2D eigenvalue weighted by Crippen LogP contribution is 2.22. The maximum Gasteiger partial charge on any atom is 0.226 e. The maximum atomic E-state index is 11.8. The van der Waals surface area contributed by atoms with Crippen molar-refractivity contribution in [2.24, 2.45) is 5.73 Å². The molecule has 0 radical (unpaired) electrons. The van der Waals surface area contributed by atoms with Crippen molar-refractivity contribution in [3.05, 3.63) is 28.8 Å². The van der Waals surface area contributed by atoms with Crippen LogP contribution in [0.1, 0.15) is 12.0 Å². The number of rotatable bonds is 3. The molecule has 5 heteroatoms. The van der Waals surface area contributed by atoms with Gasteiger partial charge in [0.05, 0.1) is 18.8 Å². The second-order valence-corrected chi connectivity index (χ2v) is 4.98. The number of aryl methyl sites for hydroxylation is 1. The molecule has 0 bridgehead atoms. The van der Waals surface area contributed by atoms with Gasteiger partial charge < -0.3 is 15.8 Å². The summed E-state index contributed by atoms with van der Waals surface area (Å²) in [7, 11) is 0. The maximum absolute atomic E-state index is 11.8. The van der Waals surface area contributed by atoms with Gasteiger partial charge in [0.25, 0.3) is 0 Å². The highest BCUT2D eigenvalue weighted by atomic mass is 35.5. The van der Waals surface area contributed by atoms with Gasteiger partial charge in [-0.25, -0.2) is 0 Å². The molecule has 0 aromatic heterocycles. The van der Waals surface area contributed by atoms with Crippen molar-refractivity contribution in [1.29, 1.82) is 0 Å². The van der Waals surface area contributed by atoms with Gasteiger partial charge in [0.1, 0.15) is 0 Å². The van der Waals surface area contributed by atoms with Crippen LogP contribution in [0.5, 0.6) is 0 Å². The van der Waals surface area contributed by atoms with Crippen molar-refractivity contribution in [3.8, 4) is 0 Å². The van der Waals surface area contributed by atoms with E-state index in [-0.39, 0.29) is 12.3 Å². The van der Waals surface area contributed by atoms with Gasteiger partial charge in [-0.3, -0.25) is 4.79 Å². The lowest BCUT2D eigenvalue weighted by Crippen LogP contribution is -2.58. The van der Waals surface area contributed by atoms with Crippen molar-refractivity contribution < 1.29 is 9.53 Å². The van der Waals surface area contributed by atoms with Gasteiger partial charge in [0, 0.05) is 17.1 Å². The number of benzene rings is 1. The standard InChI is InChI=1S/C12H15ClN2O2/c1-8-4-9(13)2-3-10(8)15-11(16)5-12(14)6-17-7-12/h2-4H,5-7,14H2,1H3,(H,15,16). The van der Waals surface area contributed by atoms with Crippen LogP contribution in [-0.4, -0.2) is 24.7 Å². The molecule has 1 aromatic carbocycles. The summed E-state index contributed by atoms with van der Waals surface area (Å²) in [6.45, 7) is 2.78. The predicted molar refractivity (Wildman–Crippen MR) is 67.2 cm³/mol. The molecule has 1 aliphatic heterocycles. The largest absolute Gasteiger partial charge is 0.377 e. The Balaban J connectivity index is 1.98. The smallest absolute Gasteiger partial charge is 0.226 e. The number of hydrogen-bond acceptors (Lipinski definition) is 3. The monoisotopic (exact) mass is 254 g/mol. The molecule has 3 N–H and O–H groups in total. The first-order chi connectivity index (χ1) is 7.98. The number of carbonyl (C=O) groups is 1. The third kappa shape index (κ3) is 2.97. The summed E-state index contributed by atoms with van der Waals surface area (Å²) in [4.78, 5) is 11.8. The highest BCUT2D eigenvalue weighted by Gasteiger charge is 2.36. The first-order valence-corrected chi connectivity index (χ1v) is 5.79. The van der Waals surface area contributed by atoms with E-state index >= 15 is 0 Å². The Hall–Kier alpha value is -1.10. The second kappa shape index (κ2) is 4.64. The van der Waals surface area contributed by atoms with E-state index in [1.54, 1.807) is 12.1 Å². The third-order valence-corrected chi connectivity index (χ3v) is 2.99. The SMILES string of the molecule is Cc1cc(Cl)ccc1NC(=O)CC1(N)COC1. The Morgan fingerprint density at radius 3 is 2.82 bits per heavy atom. The first kappa shape index (κ1) is 12.4. The fourth-order valence-electron chi connectivity index (χ4n) is 1.75. The van der Waals surface area contributed by atoms with Crippen LogP contribution in [0.2, 0.25) is 5.02 Å². The summed E-state index contributed by atoms with van der Waals surface area (Å²) in [5.74, 6) is -0.0961. The molecule has 1 fully saturated rings. The van der Waals surface area contributed by atoms with Crippen molar-refractivity contribution >= 4 is 23.2 Å². The van der Waals surface area contributed by atoms with Gasteiger partial charge in [-0.2, -0.15) is 0 Å². The average Bonchev–Trinajstić information content (AvgIpc) is 2.20. The molecule has 0 spiro atoms.